The van der Waals surface area contributed by atoms with E-state index in [1.165, 1.54) is 12.8 Å². The molecule has 130 valence electrons. The molecule has 0 atom stereocenters. The lowest BCUT2D eigenvalue weighted by Crippen LogP contribution is -2.57. The highest BCUT2D eigenvalue weighted by molar-refractivity contribution is 5.99. The Kier molecular flexibility index (Phi) is 4.06. The number of rotatable bonds is 5. The molecular formula is C18H26N4O2. The van der Waals surface area contributed by atoms with E-state index in [-0.39, 0.29) is 11.8 Å². The third-order valence-corrected chi connectivity index (χ3v) is 5.76. The van der Waals surface area contributed by atoms with Gasteiger partial charge in [0.2, 0.25) is 5.91 Å². The molecule has 2 amide bonds. The number of nitrogens with zero attached hydrogens (tertiary/aromatic N) is 1. The lowest BCUT2D eigenvalue weighted by Gasteiger charge is -2.29. The number of carbonyl (C=O) groups is 2. The van der Waals surface area contributed by atoms with E-state index in [1.807, 2.05) is 0 Å². The van der Waals surface area contributed by atoms with Crippen LogP contribution in [0, 0.1) is 5.92 Å². The molecule has 1 aromatic rings. The van der Waals surface area contributed by atoms with Gasteiger partial charge in [0.05, 0.1) is 0 Å². The van der Waals surface area contributed by atoms with Gasteiger partial charge in [-0.1, -0.05) is 12.8 Å². The fraction of sp³-hybridized carbons (Fsp3) is 0.722. The first-order valence-electron chi connectivity index (χ1n) is 9.35. The van der Waals surface area contributed by atoms with E-state index in [0.717, 1.165) is 69.2 Å². The van der Waals surface area contributed by atoms with Crippen LogP contribution < -0.4 is 10.6 Å². The highest BCUT2D eigenvalue weighted by Crippen LogP contribution is 2.32. The summed E-state index contributed by atoms with van der Waals surface area (Å²) in [6.07, 6.45) is 9.93. The summed E-state index contributed by atoms with van der Waals surface area (Å²) in [5.41, 5.74) is 1.88. The fourth-order valence-electron chi connectivity index (χ4n) is 4.06. The van der Waals surface area contributed by atoms with E-state index in [4.69, 9.17) is 0 Å². The maximum atomic E-state index is 12.8. The van der Waals surface area contributed by atoms with Gasteiger partial charge in [-0.3, -0.25) is 14.7 Å². The highest BCUT2D eigenvalue weighted by atomic mass is 16.2. The molecule has 0 bridgehead atoms. The van der Waals surface area contributed by atoms with Crippen molar-refractivity contribution in [3.63, 3.8) is 0 Å². The number of aromatic nitrogens is 2. The smallest absolute Gasteiger partial charge is 0.272 e. The van der Waals surface area contributed by atoms with Gasteiger partial charge in [-0.05, 0) is 57.3 Å². The van der Waals surface area contributed by atoms with Crippen molar-refractivity contribution < 1.29 is 9.59 Å². The molecule has 0 saturated heterocycles. The van der Waals surface area contributed by atoms with E-state index >= 15 is 0 Å². The van der Waals surface area contributed by atoms with Gasteiger partial charge in [0.25, 0.3) is 5.91 Å². The number of fused-ring (bicyclic) bond motifs is 1. The lowest BCUT2D eigenvalue weighted by atomic mass is 9.93. The van der Waals surface area contributed by atoms with Crippen LogP contribution in [0.3, 0.4) is 0 Å². The topological polar surface area (TPSA) is 86.9 Å². The van der Waals surface area contributed by atoms with Crippen LogP contribution in [0.15, 0.2) is 0 Å². The Hall–Kier alpha value is -1.85. The van der Waals surface area contributed by atoms with Gasteiger partial charge in [0.15, 0.2) is 5.69 Å². The number of nitrogens with one attached hydrogen (secondary N) is 3. The number of amides is 2. The minimum atomic E-state index is -0.744. The summed E-state index contributed by atoms with van der Waals surface area (Å²) >= 11 is 0. The number of carbonyl (C=O) groups excluding carboxylic acids is 2. The Morgan fingerprint density at radius 3 is 2.62 bits per heavy atom. The molecule has 0 aromatic carbocycles. The quantitative estimate of drug-likeness (QED) is 0.770. The summed E-state index contributed by atoms with van der Waals surface area (Å²) < 4.78 is 0. The average Bonchev–Trinajstić information content (AvgIpc) is 3.12. The molecule has 1 aromatic heterocycles. The van der Waals surface area contributed by atoms with Crippen LogP contribution in [0.5, 0.6) is 0 Å². The van der Waals surface area contributed by atoms with E-state index in [2.05, 4.69) is 20.8 Å². The van der Waals surface area contributed by atoms with Crippen LogP contribution in [-0.4, -0.2) is 34.1 Å². The van der Waals surface area contributed by atoms with Gasteiger partial charge in [0.1, 0.15) is 5.54 Å². The van der Waals surface area contributed by atoms with Crippen molar-refractivity contribution in [1.29, 1.82) is 0 Å². The van der Waals surface area contributed by atoms with Crippen molar-refractivity contribution in [1.82, 2.24) is 20.8 Å². The Labute approximate surface area is 142 Å². The molecule has 2 fully saturated rings. The summed E-state index contributed by atoms with van der Waals surface area (Å²) in [6.45, 7) is 0.744. The second-order valence-corrected chi connectivity index (χ2v) is 7.63. The van der Waals surface area contributed by atoms with Gasteiger partial charge in [0, 0.05) is 17.8 Å². The summed E-state index contributed by atoms with van der Waals surface area (Å²) in [5, 5.41) is 13.4. The predicted molar refractivity (Wildman–Crippen MR) is 89.6 cm³/mol. The van der Waals surface area contributed by atoms with Crippen LogP contribution in [-0.2, 0) is 17.6 Å². The largest absolute Gasteiger partial charge is 0.354 e. The molecule has 6 nitrogen and oxygen atoms in total. The normalized spacial score (nSPS) is 22.0. The zero-order valence-electron chi connectivity index (χ0n) is 14.1. The van der Waals surface area contributed by atoms with E-state index < -0.39 is 5.54 Å². The minimum Gasteiger partial charge on any atom is -0.354 e. The van der Waals surface area contributed by atoms with Crippen molar-refractivity contribution in [3.05, 3.63) is 17.0 Å². The van der Waals surface area contributed by atoms with Gasteiger partial charge >= 0.3 is 0 Å². The van der Waals surface area contributed by atoms with Gasteiger partial charge in [-0.25, -0.2) is 0 Å². The maximum Gasteiger partial charge on any atom is 0.272 e. The molecule has 1 heterocycles. The maximum absolute atomic E-state index is 12.8. The van der Waals surface area contributed by atoms with Crippen LogP contribution in [0.25, 0.3) is 0 Å². The van der Waals surface area contributed by atoms with Crippen molar-refractivity contribution >= 4 is 11.8 Å². The third kappa shape index (κ3) is 2.94. The van der Waals surface area contributed by atoms with E-state index in [0.29, 0.717) is 11.6 Å². The number of hydrogen-bond acceptors (Lipinski definition) is 3. The predicted octanol–water partition coefficient (Wildman–Crippen LogP) is 1.86. The zero-order chi connectivity index (χ0) is 16.6. The van der Waals surface area contributed by atoms with E-state index in [1.54, 1.807) is 0 Å². The first-order valence-corrected chi connectivity index (χ1v) is 9.35. The molecule has 24 heavy (non-hydrogen) atoms. The zero-order valence-corrected chi connectivity index (χ0v) is 14.1. The summed E-state index contributed by atoms with van der Waals surface area (Å²) in [4.78, 5) is 25.6. The van der Waals surface area contributed by atoms with Crippen LogP contribution in [0.1, 0.15) is 73.1 Å². The lowest BCUT2D eigenvalue weighted by molar-refractivity contribution is -0.127. The molecule has 0 aliphatic heterocycles. The third-order valence-electron chi connectivity index (χ3n) is 5.76. The first-order chi connectivity index (χ1) is 11.7. The Balaban J connectivity index is 1.49. The van der Waals surface area contributed by atoms with Crippen LogP contribution >= 0.6 is 0 Å². The van der Waals surface area contributed by atoms with Gasteiger partial charge in [-0.2, -0.15) is 5.10 Å². The molecule has 3 aliphatic rings. The Bertz CT molecular complexity index is 641. The second kappa shape index (κ2) is 6.22. The first kappa shape index (κ1) is 15.7. The van der Waals surface area contributed by atoms with Crippen molar-refractivity contribution in [2.75, 3.05) is 6.54 Å². The standard InChI is InChI=1S/C18H26N4O2/c23-16(15-13-5-1-2-6-14(13)21-22-15)20-18(9-3-4-10-18)17(24)19-11-12-7-8-12/h12H,1-11H2,(H,19,24)(H,20,23)(H,21,22). The SMILES string of the molecule is O=C(NC1(C(=O)NCC2CC2)CCCC1)c1n[nH]c2c1CCCC2. The number of hydrogen-bond donors (Lipinski definition) is 3. The van der Waals surface area contributed by atoms with Crippen molar-refractivity contribution in [2.45, 2.75) is 69.7 Å². The summed E-state index contributed by atoms with van der Waals surface area (Å²) in [6, 6.07) is 0. The Morgan fingerprint density at radius 1 is 1.12 bits per heavy atom. The number of H-pyrrole nitrogens is 1. The number of aromatic amines is 1. The fourth-order valence-corrected chi connectivity index (χ4v) is 4.06. The van der Waals surface area contributed by atoms with Crippen molar-refractivity contribution in [3.8, 4) is 0 Å². The molecule has 2 saturated carbocycles. The second-order valence-electron chi connectivity index (χ2n) is 7.63. The van der Waals surface area contributed by atoms with Crippen molar-refractivity contribution in [2.24, 2.45) is 5.92 Å². The van der Waals surface area contributed by atoms with Crippen LogP contribution in [0.2, 0.25) is 0 Å². The molecular weight excluding hydrogens is 304 g/mol. The average molecular weight is 330 g/mol. The van der Waals surface area contributed by atoms with Gasteiger partial charge < -0.3 is 10.6 Å². The molecule has 6 heteroatoms. The molecule has 0 spiro atoms. The molecule has 3 N–H and O–H groups in total. The number of aryl methyl sites for hydroxylation is 1. The Morgan fingerprint density at radius 2 is 1.88 bits per heavy atom. The van der Waals surface area contributed by atoms with Gasteiger partial charge in [-0.15, -0.1) is 0 Å². The molecule has 4 rings (SSSR count). The molecule has 3 aliphatic carbocycles. The monoisotopic (exact) mass is 330 g/mol. The minimum absolute atomic E-state index is 0.00958. The molecule has 0 unspecified atom stereocenters. The highest BCUT2D eigenvalue weighted by Gasteiger charge is 2.43. The van der Waals surface area contributed by atoms with E-state index in [9.17, 15) is 9.59 Å². The van der Waals surface area contributed by atoms with Crippen LogP contribution in [0.4, 0.5) is 0 Å². The molecule has 0 radical (unpaired) electrons. The summed E-state index contributed by atoms with van der Waals surface area (Å²) in [5.74, 6) is 0.434. The summed E-state index contributed by atoms with van der Waals surface area (Å²) in [7, 11) is 0.